The molecule has 1 N–H and O–H groups in total. The Balaban J connectivity index is 1.36. The molecule has 0 aliphatic heterocycles. The van der Waals surface area contributed by atoms with Crippen LogP contribution in [0.2, 0.25) is 0 Å². The molecule has 2 unspecified atom stereocenters. The minimum Gasteiger partial charge on any atom is -0.390 e. The standard InChI is InChI=1S/C29H30FN3O2/c1-19-14-22(11-13-31-19)28-24-16-21(9-10-26(24)33(2)32-28)27(34)15-20-6-5-12-29(35,17-20)18-23-7-3-4-8-25(23)30/h3-4,7-11,13-14,16,20,35H,5-6,12,15,17-18H2,1-2H3. The molecule has 1 aliphatic carbocycles. The van der Waals surface area contributed by atoms with Crippen LogP contribution in [0.4, 0.5) is 4.39 Å². The number of carbonyl (C=O) groups is 1. The number of aromatic nitrogens is 3. The lowest BCUT2D eigenvalue weighted by molar-refractivity contribution is -0.0164. The van der Waals surface area contributed by atoms with Gasteiger partial charge < -0.3 is 5.11 Å². The van der Waals surface area contributed by atoms with Crippen LogP contribution in [-0.2, 0) is 13.5 Å². The molecule has 0 amide bonds. The van der Waals surface area contributed by atoms with Crippen molar-refractivity contribution in [2.75, 3.05) is 0 Å². The van der Waals surface area contributed by atoms with Crippen molar-refractivity contribution >= 4 is 16.7 Å². The molecule has 0 radical (unpaired) electrons. The molecule has 2 aromatic carbocycles. The number of Topliss-reactive ketones (excluding diaryl/α,β-unsaturated/α-hetero) is 1. The molecule has 5 rings (SSSR count). The van der Waals surface area contributed by atoms with Gasteiger partial charge in [0.25, 0.3) is 0 Å². The number of ketones is 1. The van der Waals surface area contributed by atoms with Gasteiger partial charge in [0.05, 0.1) is 11.1 Å². The first-order chi connectivity index (χ1) is 16.8. The SMILES string of the molecule is Cc1cc(-c2nn(C)c3ccc(C(=O)CC4CCCC(O)(Cc5ccccc5F)C4)cc23)ccn1. The lowest BCUT2D eigenvalue weighted by Crippen LogP contribution is -2.38. The lowest BCUT2D eigenvalue weighted by atomic mass is 9.73. The molecular weight excluding hydrogens is 441 g/mol. The number of benzene rings is 2. The van der Waals surface area contributed by atoms with E-state index < -0.39 is 5.60 Å². The molecule has 1 saturated carbocycles. The van der Waals surface area contributed by atoms with E-state index in [0.717, 1.165) is 40.7 Å². The maximum absolute atomic E-state index is 14.2. The second-order valence-corrected chi connectivity index (χ2v) is 9.97. The fourth-order valence-corrected chi connectivity index (χ4v) is 5.52. The summed E-state index contributed by atoms with van der Waals surface area (Å²) in [7, 11) is 1.90. The molecule has 5 nitrogen and oxygen atoms in total. The second kappa shape index (κ2) is 9.34. The van der Waals surface area contributed by atoms with E-state index in [1.54, 1.807) is 24.4 Å². The number of rotatable bonds is 6. The van der Waals surface area contributed by atoms with E-state index in [0.29, 0.717) is 30.4 Å². The Hall–Kier alpha value is -3.38. The van der Waals surface area contributed by atoms with Gasteiger partial charge in [0.2, 0.25) is 0 Å². The second-order valence-electron chi connectivity index (χ2n) is 9.97. The van der Waals surface area contributed by atoms with Gasteiger partial charge in [0, 0.05) is 48.3 Å². The maximum atomic E-state index is 14.2. The van der Waals surface area contributed by atoms with Crippen LogP contribution < -0.4 is 0 Å². The van der Waals surface area contributed by atoms with Crippen molar-refractivity contribution in [3.63, 3.8) is 0 Å². The molecule has 1 aliphatic rings. The van der Waals surface area contributed by atoms with Crippen LogP contribution in [0.25, 0.3) is 22.2 Å². The maximum Gasteiger partial charge on any atom is 0.163 e. The van der Waals surface area contributed by atoms with E-state index in [4.69, 9.17) is 5.10 Å². The monoisotopic (exact) mass is 471 g/mol. The van der Waals surface area contributed by atoms with Crippen molar-refractivity contribution in [1.82, 2.24) is 14.8 Å². The number of fused-ring (bicyclic) bond motifs is 1. The largest absolute Gasteiger partial charge is 0.390 e. The molecule has 4 aromatic rings. The highest BCUT2D eigenvalue weighted by atomic mass is 19.1. The highest BCUT2D eigenvalue weighted by Gasteiger charge is 2.36. The average molecular weight is 472 g/mol. The van der Waals surface area contributed by atoms with Gasteiger partial charge in [-0.2, -0.15) is 5.10 Å². The van der Waals surface area contributed by atoms with Crippen molar-refractivity contribution in [1.29, 1.82) is 0 Å². The molecule has 0 saturated heterocycles. The summed E-state index contributed by atoms with van der Waals surface area (Å²) in [5, 5.41) is 16.9. The molecule has 2 heterocycles. The number of carbonyl (C=O) groups excluding carboxylic acids is 1. The van der Waals surface area contributed by atoms with Crippen molar-refractivity contribution in [2.45, 2.75) is 51.0 Å². The summed E-state index contributed by atoms with van der Waals surface area (Å²) < 4.78 is 16.0. The number of aliphatic hydroxyl groups is 1. The quantitative estimate of drug-likeness (QED) is 0.360. The highest BCUT2D eigenvalue weighted by molar-refractivity contribution is 6.02. The topological polar surface area (TPSA) is 68.0 Å². The van der Waals surface area contributed by atoms with Gasteiger partial charge in [-0.25, -0.2) is 4.39 Å². The van der Waals surface area contributed by atoms with E-state index in [2.05, 4.69) is 4.98 Å². The molecule has 2 atom stereocenters. The molecule has 6 heteroatoms. The fraction of sp³-hybridized carbons (Fsp3) is 0.345. The van der Waals surface area contributed by atoms with Crippen LogP contribution in [-0.4, -0.2) is 31.3 Å². The zero-order chi connectivity index (χ0) is 24.6. The number of hydrogen-bond donors (Lipinski definition) is 1. The van der Waals surface area contributed by atoms with Gasteiger partial charge in [-0.05, 0) is 74.1 Å². The third-order valence-corrected chi connectivity index (χ3v) is 7.22. The first-order valence-electron chi connectivity index (χ1n) is 12.2. The Bertz CT molecular complexity index is 1400. The van der Waals surface area contributed by atoms with E-state index in [-0.39, 0.29) is 23.9 Å². The highest BCUT2D eigenvalue weighted by Crippen LogP contribution is 2.38. The van der Waals surface area contributed by atoms with E-state index >= 15 is 0 Å². The predicted molar refractivity (Wildman–Crippen MR) is 135 cm³/mol. The van der Waals surface area contributed by atoms with Crippen molar-refractivity contribution in [3.8, 4) is 11.3 Å². The van der Waals surface area contributed by atoms with Gasteiger partial charge in [0.15, 0.2) is 5.78 Å². The Morgan fingerprint density at radius 2 is 2.03 bits per heavy atom. The average Bonchev–Trinajstić information content (AvgIpc) is 3.16. The lowest BCUT2D eigenvalue weighted by Gasteiger charge is -2.37. The molecule has 0 bridgehead atoms. The van der Waals surface area contributed by atoms with E-state index in [9.17, 15) is 14.3 Å². The number of nitrogens with zero attached hydrogens (tertiary/aromatic N) is 3. The summed E-state index contributed by atoms with van der Waals surface area (Å²) in [5.74, 6) is -0.156. The molecular formula is C29H30FN3O2. The molecule has 180 valence electrons. The van der Waals surface area contributed by atoms with Crippen molar-refractivity contribution in [2.24, 2.45) is 13.0 Å². The number of halogens is 1. The normalized spacial score (nSPS) is 20.3. The summed E-state index contributed by atoms with van der Waals surface area (Å²) in [5.41, 5.74) is 3.88. The molecule has 0 spiro atoms. The van der Waals surface area contributed by atoms with Crippen LogP contribution in [0, 0.1) is 18.7 Å². The zero-order valence-corrected chi connectivity index (χ0v) is 20.2. The van der Waals surface area contributed by atoms with Gasteiger partial charge in [-0.1, -0.05) is 24.6 Å². The number of hydrogen-bond acceptors (Lipinski definition) is 4. The summed E-state index contributed by atoms with van der Waals surface area (Å²) in [6, 6.07) is 16.3. The molecule has 1 fully saturated rings. The van der Waals surface area contributed by atoms with Gasteiger partial charge in [0.1, 0.15) is 11.5 Å². The minimum atomic E-state index is -0.981. The summed E-state index contributed by atoms with van der Waals surface area (Å²) in [4.78, 5) is 17.6. The van der Waals surface area contributed by atoms with Crippen LogP contribution >= 0.6 is 0 Å². The first-order valence-corrected chi connectivity index (χ1v) is 12.2. The molecule has 35 heavy (non-hydrogen) atoms. The zero-order valence-electron chi connectivity index (χ0n) is 20.2. The number of aryl methyl sites for hydroxylation is 2. The minimum absolute atomic E-state index is 0.0627. The first kappa shape index (κ1) is 23.4. The third-order valence-electron chi connectivity index (χ3n) is 7.22. The predicted octanol–water partition coefficient (Wildman–Crippen LogP) is 5.82. The van der Waals surface area contributed by atoms with Gasteiger partial charge >= 0.3 is 0 Å². The van der Waals surface area contributed by atoms with E-state index in [1.807, 2.05) is 49.0 Å². The smallest absolute Gasteiger partial charge is 0.163 e. The van der Waals surface area contributed by atoms with Crippen LogP contribution in [0.15, 0.2) is 60.8 Å². The van der Waals surface area contributed by atoms with Crippen LogP contribution in [0.1, 0.15) is 53.7 Å². The van der Waals surface area contributed by atoms with Gasteiger partial charge in [-0.15, -0.1) is 0 Å². The molecule has 2 aromatic heterocycles. The fourth-order valence-electron chi connectivity index (χ4n) is 5.52. The van der Waals surface area contributed by atoms with Crippen LogP contribution in [0.3, 0.4) is 0 Å². The Labute approximate surface area is 204 Å². The van der Waals surface area contributed by atoms with Crippen molar-refractivity contribution in [3.05, 3.63) is 83.4 Å². The summed E-state index contributed by atoms with van der Waals surface area (Å²) in [6.07, 6.45) is 5.27. The summed E-state index contributed by atoms with van der Waals surface area (Å²) in [6.45, 7) is 1.95. The van der Waals surface area contributed by atoms with E-state index in [1.165, 1.54) is 6.07 Å². The van der Waals surface area contributed by atoms with Crippen molar-refractivity contribution < 1.29 is 14.3 Å². The third kappa shape index (κ3) is 4.89. The Morgan fingerprint density at radius 3 is 2.83 bits per heavy atom. The Kier molecular flexibility index (Phi) is 6.24. The summed E-state index contributed by atoms with van der Waals surface area (Å²) >= 11 is 0. The van der Waals surface area contributed by atoms with Crippen LogP contribution in [0.5, 0.6) is 0 Å². The van der Waals surface area contributed by atoms with Gasteiger partial charge in [-0.3, -0.25) is 14.5 Å². The Morgan fingerprint density at radius 1 is 1.20 bits per heavy atom. The number of pyridine rings is 1.